The van der Waals surface area contributed by atoms with Crippen LogP contribution in [0, 0.1) is 0 Å². The molecule has 0 aliphatic carbocycles. The number of para-hydroxylation sites is 1. The Morgan fingerprint density at radius 1 is 1.33 bits per heavy atom. The van der Waals surface area contributed by atoms with Crippen LogP contribution in [0.5, 0.6) is 0 Å². The summed E-state index contributed by atoms with van der Waals surface area (Å²) < 4.78 is 2.05. The van der Waals surface area contributed by atoms with Crippen molar-refractivity contribution in [3.63, 3.8) is 0 Å². The second kappa shape index (κ2) is 7.74. The first-order valence-electron chi connectivity index (χ1n) is 8.88. The summed E-state index contributed by atoms with van der Waals surface area (Å²) in [6.07, 6.45) is 1.02. The summed E-state index contributed by atoms with van der Waals surface area (Å²) >= 11 is 3.05. The highest BCUT2D eigenvalue weighted by atomic mass is 32.2. The van der Waals surface area contributed by atoms with E-state index in [2.05, 4.69) is 45.8 Å². The molecular formula is C19H21N5OS2. The van der Waals surface area contributed by atoms with E-state index in [0.717, 1.165) is 47.4 Å². The fraction of sp³-hybridized carbons (Fsp3) is 0.316. The van der Waals surface area contributed by atoms with Crippen LogP contribution < -0.4 is 10.2 Å². The quantitative estimate of drug-likeness (QED) is 0.640. The summed E-state index contributed by atoms with van der Waals surface area (Å²) in [6.45, 7) is 3.81. The number of hydrogen-bond acceptors (Lipinski definition) is 6. The van der Waals surface area contributed by atoms with Gasteiger partial charge in [0.05, 0.1) is 17.1 Å². The average Bonchev–Trinajstić information content (AvgIpc) is 3.40. The van der Waals surface area contributed by atoms with Crippen molar-refractivity contribution in [2.24, 2.45) is 0 Å². The molecule has 0 spiro atoms. The molecular weight excluding hydrogens is 378 g/mol. The molecule has 4 rings (SSSR count). The molecule has 3 aromatic rings. The standard InChI is InChI=1S/C19H21N5OS2/c1-3-24-18(14-8-10-26-11-14)21-22-19(24)27-12-16(25)20-15-6-4-5-13-7-9-23(2)17(13)15/h4-6,8,10-11H,3,7,9,12H2,1-2H3,(H,20,25). The van der Waals surface area contributed by atoms with E-state index in [0.29, 0.717) is 5.75 Å². The fourth-order valence-electron chi connectivity index (χ4n) is 3.35. The number of nitrogens with one attached hydrogen (secondary N) is 1. The minimum atomic E-state index is -0.0311. The molecule has 1 N–H and O–H groups in total. The number of nitrogens with zero attached hydrogens (tertiary/aromatic N) is 4. The van der Waals surface area contributed by atoms with Crippen LogP contribution >= 0.6 is 23.1 Å². The van der Waals surface area contributed by atoms with E-state index in [-0.39, 0.29) is 5.91 Å². The van der Waals surface area contributed by atoms with Gasteiger partial charge in [-0.15, -0.1) is 10.2 Å². The number of fused-ring (bicyclic) bond motifs is 1. The van der Waals surface area contributed by atoms with Crippen LogP contribution in [0.4, 0.5) is 11.4 Å². The third-order valence-corrected chi connectivity index (χ3v) is 6.29. The van der Waals surface area contributed by atoms with Crippen LogP contribution in [-0.4, -0.2) is 40.0 Å². The number of thioether (sulfide) groups is 1. The van der Waals surface area contributed by atoms with Gasteiger partial charge in [-0.3, -0.25) is 4.79 Å². The Kier molecular flexibility index (Phi) is 5.18. The normalized spacial score (nSPS) is 13.0. The van der Waals surface area contributed by atoms with Gasteiger partial charge in [0.2, 0.25) is 5.91 Å². The molecule has 1 amide bonds. The van der Waals surface area contributed by atoms with E-state index >= 15 is 0 Å². The number of aromatic nitrogens is 3. The van der Waals surface area contributed by atoms with Crippen LogP contribution in [0.1, 0.15) is 12.5 Å². The molecule has 27 heavy (non-hydrogen) atoms. The number of thiophene rings is 1. The molecule has 1 aromatic carbocycles. The lowest BCUT2D eigenvalue weighted by molar-refractivity contribution is -0.113. The largest absolute Gasteiger partial charge is 0.372 e. The summed E-state index contributed by atoms with van der Waals surface area (Å²) in [5, 5.41) is 16.5. The predicted octanol–water partition coefficient (Wildman–Crippen LogP) is 3.75. The summed E-state index contributed by atoms with van der Waals surface area (Å²) in [5.41, 5.74) is 4.36. The topological polar surface area (TPSA) is 63.1 Å². The second-order valence-electron chi connectivity index (χ2n) is 6.38. The Morgan fingerprint density at radius 3 is 3.00 bits per heavy atom. The number of amides is 1. The van der Waals surface area contributed by atoms with Gasteiger partial charge in [-0.05, 0) is 36.4 Å². The monoisotopic (exact) mass is 399 g/mol. The second-order valence-corrected chi connectivity index (χ2v) is 8.11. The minimum Gasteiger partial charge on any atom is -0.372 e. The van der Waals surface area contributed by atoms with Gasteiger partial charge in [0.1, 0.15) is 0 Å². The van der Waals surface area contributed by atoms with Crippen LogP contribution in [-0.2, 0) is 17.8 Å². The van der Waals surface area contributed by atoms with Crippen molar-refractivity contribution in [2.45, 2.75) is 25.0 Å². The van der Waals surface area contributed by atoms with Crippen LogP contribution in [0.2, 0.25) is 0 Å². The lowest BCUT2D eigenvalue weighted by Crippen LogP contribution is -2.19. The van der Waals surface area contributed by atoms with Crippen molar-refractivity contribution in [1.82, 2.24) is 14.8 Å². The fourth-order valence-corrected chi connectivity index (χ4v) is 4.78. The lowest BCUT2D eigenvalue weighted by atomic mass is 10.1. The van der Waals surface area contributed by atoms with E-state index in [4.69, 9.17) is 0 Å². The van der Waals surface area contributed by atoms with Crippen molar-refractivity contribution in [3.05, 3.63) is 40.6 Å². The van der Waals surface area contributed by atoms with Gasteiger partial charge in [-0.1, -0.05) is 23.9 Å². The first kappa shape index (κ1) is 18.1. The number of likely N-dealkylation sites (N-methyl/N-ethyl adjacent to an activating group) is 1. The Morgan fingerprint density at radius 2 is 2.22 bits per heavy atom. The highest BCUT2D eigenvalue weighted by molar-refractivity contribution is 7.99. The van der Waals surface area contributed by atoms with Gasteiger partial charge in [0, 0.05) is 31.1 Å². The number of benzene rings is 1. The van der Waals surface area contributed by atoms with Gasteiger partial charge in [0.25, 0.3) is 0 Å². The average molecular weight is 400 g/mol. The third-order valence-electron chi connectivity index (χ3n) is 4.64. The zero-order valence-electron chi connectivity index (χ0n) is 15.3. The minimum absolute atomic E-state index is 0.0311. The molecule has 3 heterocycles. The van der Waals surface area contributed by atoms with Gasteiger partial charge in [-0.2, -0.15) is 11.3 Å². The van der Waals surface area contributed by atoms with Crippen molar-refractivity contribution >= 4 is 40.4 Å². The highest BCUT2D eigenvalue weighted by Gasteiger charge is 2.20. The Balaban J connectivity index is 1.44. The molecule has 6 nitrogen and oxygen atoms in total. The summed E-state index contributed by atoms with van der Waals surface area (Å²) in [5.74, 6) is 1.12. The van der Waals surface area contributed by atoms with Crippen molar-refractivity contribution in [2.75, 3.05) is 29.6 Å². The van der Waals surface area contributed by atoms with Crippen LogP contribution in [0.25, 0.3) is 11.4 Å². The maximum absolute atomic E-state index is 12.5. The number of anilines is 2. The van der Waals surface area contributed by atoms with Gasteiger partial charge in [-0.25, -0.2) is 0 Å². The zero-order chi connectivity index (χ0) is 18.8. The lowest BCUT2D eigenvalue weighted by Gasteiger charge is -2.17. The summed E-state index contributed by atoms with van der Waals surface area (Å²) in [7, 11) is 2.06. The van der Waals surface area contributed by atoms with Crippen LogP contribution in [0.15, 0.2) is 40.2 Å². The first-order valence-corrected chi connectivity index (χ1v) is 10.8. The number of hydrogen-bond donors (Lipinski definition) is 1. The molecule has 8 heteroatoms. The smallest absolute Gasteiger partial charge is 0.234 e. The molecule has 0 saturated carbocycles. The van der Waals surface area contributed by atoms with Crippen LogP contribution in [0.3, 0.4) is 0 Å². The molecule has 0 atom stereocenters. The molecule has 0 unspecified atom stereocenters. The van der Waals surface area contributed by atoms with Crippen molar-refractivity contribution in [1.29, 1.82) is 0 Å². The van der Waals surface area contributed by atoms with Crippen molar-refractivity contribution < 1.29 is 4.79 Å². The Bertz CT molecular complexity index is 951. The molecule has 0 fully saturated rings. The SMILES string of the molecule is CCn1c(SCC(=O)Nc2cccc3c2N(C)CC3)nnc1-c1ccsc1. The van der Waals surface area contributed by atoms with E-state index < -0.39 is 0 Å². The van der Waals surface area contributed by atoms with E-state index in [1.54, 1.807) is 11.3 Å². The Labute approximate surface area is 166 Å². The van der Waals surface area contributed by atoms with Gasteiger partial charge >= 0.3 is 0 Å². The number of carbonyl (C=O) groups is 1. The van der Waals surface area contributed by atoms with E-state index in [1.165, 1.54) is 17.3 Å². The maximum Gasteiger partial charge on any atom is 0.234 e. The number of rotatable bonds is 6. The molecule has 140 valence electrons. The molecule has 2 aromatic heterocycles. The molecule has 1 aliphatic rings. The van der Waals surface area contributed by atoms with E-state index in [9.17, 15) is 4.79 Å². The molecule has 0 bridgehead atoms. The predicted molar refractivity (Wildman–Crippen MR) is 112 cm³/mol. The van der Waals surface area contributed by atoms with Gasteiger partial charge < -0.3 is 14.8 Å². The zero-order valence-corrected chi connectivity index (χ0v) is 16.9. The highest BCUT2D eigenvalue weighted by Crippen LogP contribution is 2.34. The van der Waals surface area contributed by atoms with E-state index in [1.807, 2.05) is 28.1 Å². The first-order chi connectivity index (χ1) is 13.2. The van der Waals surface area contributed by atoms with Crippen molar-refractivity contribution in [3.8, 4) is 11.4 Å². The molecule has 0 radical (unpaired) electrons. The number of carbonyl (C=O) groups excluding carboxylic acids is 1. The maximum atomic E-state index is 12.5. The van der Waals surface area contributed by atoms with Gasteiger partial charge in [0.15, 0.2) is 11.0 Å². The molecule has 1 aliphatic heterocycles. The summed E-state index contributed by atoms with van der Waals surface area (Å²) in [4.78, 5) is 14.7. The molecule has 0 saturated heterocycles. The Hall–Kier alpha value is -2.32. The third kappa shape index (κ3) is 3.59. The summed E-state index contributed by atoms with van der Waals surface area (Å²) in [6, 6.07) is 8.13.